The molecule has 7 nitrogen and oxygen atoms in total. The number of benzene rings is 1. The van der Waals surface area contributed by atoms with Gasteiger partial charge in [-0.05, 0) is 39.2 Å². The summed E-state index contributed by atoms with van der Waals surface area (Å²) in [5.41, 5.74) is 0.278. The normalized spacial score (nSPS) is 23.9. The Bertz CT molecular complexity index is 922. The molecular formula is C21H25FN4O3. The van der Waals surface area contributed by atoms with E-state index in [4.69, 9.17) is 4.74 Å². The van der Waals surface area contributed by atoms with Crippen LogP contribution in [0.2, 0.25) is 0 Å². The summed E-state index contributed by atoms with van der Waals surface area (Å²) in [6.07, 6.45) is -0.336. The molecule has 2 aliphatic rings. The van der Waals surface area contributed by atoms with Crippen molar-refractivity contribution in [2.75, 3.05) is 6.54 Å². The number of nitrogens with zero attached hydrogens (tertiary/aromatic N) is 4. The zero-order chi connectivity index (χ0) is 20.8. The Morgan fingerprint density at radius 3 is 2.62 bits per heavy atom. The molecule has 1 aromatic carbocycles. The molecule has 2 aliphatic heterocycles. The predicted octanol–water partition coefficient (Wildman–Crippen LogP) is 3.86. The van der Waals surface area contributed by atoms with Crippen molar-refractivity contribution >= 4 is 11.9 Å². The second kappa shape index (κ2) is 7.24. The third-order valence-corrected chi connectivity index (χ3v) is 5.25. The van der Waals surface area contributed by atoms with Crippen LogP contribution in [0.15, 0.2) is 30.3 Å². The molecule has 2 aromatic rings. The number of hydrogen-bond acceptors (Lipinski definition) is 5. The van der Waals surface area contributed by atoms with Gasteiger partial charge in [0.15, 0.2) is 12.0 Å². The summed E-state index contributed by atoms with van der Waals surface area (Å²) >= 11 is 0. The number of aromatic nitrogens is 3. The zero-order valence-corrected chi connectivity index (χ0v) is 16.8. The third kappa shape index (κ3) is 3.75. The first-order valence-corrected chi connectivity index (χ1v) is 9.94. The minimum Gasteiger partial charge on any atom is -0.444 e. The summed E-state index contributed by atoms with van der Waals surface area (Å²) in [4.78, 5) is 31.2. The van der Waals surface area contributed by atoms with Crippen LogP contribution in [0.5, 0.6) is 0 Å². The molecule has 154 valence electrons. The van der Waals surface area contributed by atoms with Gasteiger partial charge in [0, 0.05) is 13.0 Å². The molecule has 3 heterocycles. The van der Waals surface area contributed by atoms with Gasteiger partial charge in [0.25, 0.3) is 0 Å². The Kier molecular flexibility index (Phi) is 4.88. The van der Waals surface area contributed by atoms with E-state index in [-0.39, 0.29) is 29.9 Å². The van der Waals surface area contributed by atoms with Crippen LogP contribution in [0.3, 0.4) is 0 Å². The van der Waals surface area contributed by atoms with Gasteiger partial charge in [0.2, 0.25) is 11.6 Å². The van der Waals surface area contributed by atoms with E-state index in [0.29, 0.717) is 19.4 Å². The van der Waals surface area contributed by atoms with Crippen molar-refractivity contribution in [3.8, 4) is 0 Å². The second-order valence-electron chi connectivity index (χ2n) is 8.56. The van der Waals surface area contributed by atoms with E-state index in [1.165, 1.54) is 9.58 Å². The summed E-state index contributed by atoms with van der Waals surface area (Å²) in [5.74, 6) is -0.234. The maximum atomic E-state index is 14.6. The van der Waals surface area contributed by atoms with Crippen molar-refractivity contribution in [2.45, 2.75) is 63.9 Å². The van der Waals surface area contributed by atoms with Crippen LogP contribution in [0, 0.1) is 0 Å². The molecule has 8 heteroatoms. The highest BCUT2D eigenvalue weighted by Gasteiger charge is 2.41. The fraction of sp³-hybridized carbons (Fsp3) is 0.524. The number of ketones is 1. The largest absolute Gasteiger partial charge is 0.444 e. The van der Waals surface area contributed by atoms with E-state index in [0.717, 1.165) is 5.56 Å². The molecule has 0 bridgehead atoms. The second-order valence-corrected chi connectivity index (χ2v) is 8.56. The molecule has 0 spiro atoms. The first kappa shape index (κ1) is 19.5. The smallest absolute Gasteiger partial charge is 0.410 e. The molecule has 0 saturated carbocycles. The number of Topliss-reactive ketones (excluding diaryl/α,β-unsaturated/α-hetero) is 1. The highest BCUT2D eigenvalue weighted by molar-refractivity contribution is 5.98. The molecule has 1 saturated heterocycles. The topological polar surface area (TPSA) is 77.3 Å². The molecule has 29 heavy (non-hydrogen) atoms. The minimum absolute atomic E-state index is 0.0382. The van der Waals surface area contributed by atoms with Crippen LogP contribution in [-0.4, -0.2) is 49.7 Å². The fourth-order valence-corrected chi connectivity index (χ4v) is 3.96. The SMILES string of the molecule is CC(C)(C)OC(=O)N1CCC[C@@H]1C(=O)c1nc2n(n1)[C@H](c1ccccc1)C[C@@H]2F. The monoisotopic (exact) mass is 400 g/mol. The van der Waals surface area contributed by atoms with Crippen molar-refractivity contribution in [1.29, 1.82) is 0 Å². The highest BCUT2D eigenvalue weighted by atomic mass is 19.1. The molecule has 3 atom stereocenters. The number of fused-ring (bicyclic) bond motifs is 1. The van der Waals surface area contributed by atoms with E-state index < -0.39 is 23.9 Å². The number of hydrogen-bond donors (Lipinski definition) is 0. The standard InChI is InChI=1S/C21H25FN4O3/c1-21(2,3)29-20(28)25-11-7-10-15(25)17(27)18-23-19-14(22)12-16(26(19)24-18)13-8-5-4-6-9-13/h4-6,8-9,14-16H,7,10-12H2,1-3H3/t14-,15+,16-/m0/s1. The van der Waals surface area contributed by atoms with Gasteiger partial charge < -0.3 is 4.74 Å². The first-order valence-electron chi connectivity index (χ1n) is 9.94. The average molecular weight is 400 g/mol. The van der Waals surface area contributed by atoms with E-state index in [2.05, 4.69) is 10.1 Å². The van der Waals surface area contributed by atoms with Crippen molar-refractivity contribution < 1.29 is 18.7 Å². The summed E-state index contributed by atoms with van der Waals surface area (Å²) < 4.78 is 21.5. The summed E-state index contributed by atoms with van der Waals surface area (Å²) in [6.45, 7) is 5.79. The molecule has 4 rings (SSSR count). The predicted molar refractivity (Wildman–Crippen MR) is 103 cm³/mol. The van der Waals surface area contributed by atoms with Gasteiger partial charge in [-0.25, -0.2) is 18.9 Å². The third-order valence-electron chi connectivity index (χ3n) is 5.25. The Hall–Kier alpha value is -2.77. The number of carbonyl (C=O) groups excluding carboxylic acids is 2. The lowest BCUT2D eigenvalue weighted by Gasteiger charge is -2.27. The lowest BCUT2D eigenvalue weighted by molar-refractivity contribution is 0.0221. The number of amides is 1. The van der Waals surface area contributed by atoms with Crippen LogP contribution < -0.4 is 0 Å². The van der Waals surface area contributed by atoms with Gasteiger partial charge >= 0.3 is 6.09 Å². The maximum absolute atomic E-state index is 14.6. The van der Waals surface area contributed by atoms with Gasteiger partial charge in [-0.3, -0.25) is 9.69 Å². The number of likely N-dealkylation sites (tertiary alicyclic amines) is 1. The van der Waals surface area contributed by atoms with E-state index in [1.807, 2.05) is 30.3 Å². The number of ether oxygens (including phenoxy) is 1. The van der Waals surface area contributed by atoms with Crippen LogP contribution in [-0.2, 0) is 4.74 Å². The van der Waals surface area contributed by atoms with Gasteiger partial charge in [0.1, 0.15) is 11.6 Å². The highest BCUT2D eigenvalue weighted by Crippen LogP contribution is 2.39. The lowest BCUT2D eigenvalue weighted by Crippen LogP contribution is -2.43. The Balaban J connectivity index is 1.57. The molecule has 1 amide bonds. The van der Waals surface area contributed by atoms with Crippen LogP contribution in [0.1, 0.15) is 74.3 Å². The lowest BCUT2D eigenvalue weighted by atomic mass is 10.0. The molecule has 0 aliphatic carbocycles. The van der Waals surface area contributed by atoms with Gasteiger partial charge in [-0.15, -0.1) is 5.10 Å². The zero-order valence-electron chi connectivity index (χ0n) is 16.8. The number of rotatable bonds is 3. The molecule has 1 aromatic heterocycles. The maximum Gasteiger partial charge on any atom is 0.410 e. The van der Waals surface area contributed by atoms with Crippen molar-refractivity contribution in [3.63, 3.8) is 0 Å². The summed E-state index contributed by atoms with van der Waals surface area (Å²) in [7, 11) is 0. The van der Waals surface area contributed by atoms with E-state index >= 15 is 0 Å². The Morgan fingerprint density at radius 1 is 1.21 bits per heavy atom. The average Bonchev–Trinajstić information content (AvgIpc) is 3.37. The number of halogens is 1. The molecule has 0 radical (unpaired) electrons. The first-order chi connectivity index (χ1) is 13.7. The van der Waals surface area contributed by atoms with Gasteiger partial charge in [-0.1, -0.05) is 30.3 Å². The fourth-order valence-electron chi connectivity index (χ4n) is 3.96. The quantitative estimate of drug-likeness (QED) is 0.731. The van der Waals surface area contributed by atoms with Gasteiger partial charge in [0.05, 0.1) is 6.04 Å². The van der Waals surface area contributed by atoms with Crippen molar-refractivity contribution in [3.05, 3.63) is 47.5 Å². The molecule has 0 N–H and O–H groups in total. The Labute approximate surface area is 168 Å². The summed E-state index contributed by atoms with van der Waals surface area (Å²) in [6, 6.07) is 8.53. The minimum atomic E-state index is -1.28. The Morgan fingerprint density at radius 2 is 1.93 bits per heavy atom. The molecule has 1 fully saturated rings. The number of carbonyl (C=O) groups is 2. The summed E-state index contributed by atoms with van der Waals surface area (Å²) in [5, 5.41) is 4.35. The number of alkyl halides is 1. The van der Waals surface area contributed by atoms with E-state index in [9.17, 15) is 14.0 Å². The van der Waals surface area contributed by atoms with Gasteiger partial charge in [-0.2, -0.15) is 0 Å². The van der Waals surface area contributed by atoms with Crippen LogP contribution in [0.4, 0.5) is 9.18 Å². The molecule has 0 unspecified atom stereocenters. The van der Waals surface area contributed by atoms with Crippen molar-refractivity contribution in [1.82, 2.24) is 19.7 Å². The van der Waals surface area contributed by atoms with Crippen LogP contribution >= 0.6 is 0 Å². The van der Waals surface area contributed by atoms with Crippen molar-refractivity contribution in [2.24, 2.45) is 0 Å². The van der Waals surface area contributed by atoms with Crippen LogP contribution in [0.25, 0.3) is 0 Å². The van der Waals surface area contributed by atoms with E-state index in [1.54, 1.807) is 20.8 Å². The molecular weight excluding hydrogens is 375 g/mol.